The van der Waals surface area contributed by atoms with Gasteiger partial charge >= 0.3 is 5.97 Å². The SMILES string of the molecule is Cc1ccc(C(OCc2cn(Cc3cccc(Br)c3)nn2)C(C)(C)C(=O)O)cc1CN1CC(C)Oc2ccccc2S1(O)O. The molecule has 5 rings (SSSR count). The molecule has 1 aliphatic heterocycles. The van der Waals surface area contributed by atoms with Gasteiger partial charge in [-0.05, 0) is 74.2 Å². The van der Waals surface area contributed by atoms with Crippen LogP contribution in [0.5, 0.6) is 5.75 Å². The Balaban J connectivity index is 1.39. The van der Waals surface area contributed by atoms with Crippen LogP contribution < -0.4 is 4.74 Å². The Labute approximate surface area is 267 Å². The molecule has 0 radical (unpaired) electrons. The number of ether oxygens (including phenoxy) is 2. The minimum atomic E-state index is -3.35. The molecule has 2 unspecified atom stereocenters. The summed E-state index contributed by atoms with van der Waals surface area (Å²) in [6.07, 6.45) is 0.673. The molecule has 0 bridgehead atoms. The van der Waals surface area contributed by atoms with E-state index in [0.717, 1.165) is 21.2 Å². The smallest absolute Gasteiger partial charge is 0.312 e. The zero-order valence-corrected chi connectivity index (χ0v) is 27.5. The second-order valence-corrected chi connectivity index (χ2v) is 14.6. The molecule has 0 spiro atoms. The standard InChI is InChI=1S/C32H37BrN4O6S/c1-21-12-13-24(15-25(21)18-37-16-22(2)43-28-10-5-6-11-29(28)44(37,40)41)30(32(3,4)31(38)39)42-20-27-19-36(35-34-27)17-23-8-7-9-26(33)14-23/h5-15,19,22,30,40-41H,16-18,20H2,1-4H3,(H,38,39). The molecule has 2 heterocycles. The van der Waals surface area contributed by atoms with Gasteiger partial charge in [0, 0.05) is 11.0 Å². The Kier molecular flexibility index (Phi) is 9.49. The lowest BCUT2D eigenvalue weighted by Crippen LogP contribution is -2.34. The number of hydrogen-bond donors (Lipinski definition) is 3. The second-order valence-electron chi connectivity index (χ2n) is 11.7. The maximum atomic E-state index is 12.4. The van der Waals surface area contributed by atoms with Crippen LogP contribution in [0.2, 0.25) is 0 Å². The fraction of sp³-hybridized carbons (Fsp3) is 0.344. The monoisotopic (exact) mass is 684 g/mol. The number of carboxylic acid groups (broad SMARTS) is 1. The van der Waals surface area contributed by atoms with Crippen molar-refractivity contribution in [2.45, 2.75) is 64.5 Å². The van der Waals surface area contributed by atoms with E-state index >= 15 is 0 Å². The molecule has 44 heavy (non-hydrogen) atoms. The van der Waals surface area contributed by atoms with Crippen LogP contribution in [0.25, 0.3) is 0 Å². The van der Waals surface area contributed by atoms with Gasteiger partial charge in [0.25, 0.3) is 0 Å². The first kappa shape index (κ1) is 32.1. The van der Waals surface area contributed by atoms with Crippen molar-refractivity contribution in [3.05, 3.63) is 105 Å². The van der Waals surface area contributed by atoms with Crippen LogP contribution in [0.15, 0.2) is 82.3 Å². The van der Waals surface area contributed by atoms with Gasteiger partial charge in [-0.1, -0.05) is 63.6 Å². The van der Waals surface area contributed by atoms with Gasteiger partial charge in [0.2, 0.25) is 0 Å². The summed E-state index contributed by atoms with van der Waals surface area (Å²) in [5, 5.41) is 18.6. The highest BCUT2D eigenvalue weighted by Gasteiger charge is 2.40. The molecule has 3 aromatic carbocycles. The van der Waals surface area contributed by atoms with Gasteiger partial charge in [-0.3, -0.25) is 13.9 Å². The maximum Gasteiger partial charge on any atom is 0.312 e. The van der Waals surface area contributed by atoms with Crippen LogP contribution in [0, 0.1) is 12.3 Å². The summed E-state index contributed by atoms with van der Waals surface area (Å²) in [6.45, 7) is 8.19. The first-order valence-corrected chi connectivity index (χ1v) is 16.5. The summed E-state index contributed by atoms with van der Waals surface area (Å²) in [7, 11) is -3.35. The molecular formula is C32H37BrN4O6S. The van der Waals surface area contributed by atoms with Gasteiger partial charge in [-0.2, -0.15) is 4.31 Å². The van der Waals surface area contributed by atoms with Gasteiger partial charge in [-0.25, -0.2) is 4.68 Å². The van der Waals surface area contributed by atoms with Crippen molar-refractivity contribution in [2.75, 3.05) is 6.54 Å². The number of fused-ring (bicyclic) bond motifs is 1. The first-order chi connectivity index (χ1) is 20.8. The van der Waals surface area contributed by atoms with Crippen molar-refractivity contribution in [1.82, 2.24) is 19.3 Å². The van der Waals surface area contributed by atoms with Crippen LogP contribution in [0.4, 0.5) is 0 Å². The van der Waals surface area contributed by atoms with Crippen LogP contribution >= 0.6 is 26.7 Å². The molecule has 234 valence electrons. The first-order valence-electron chi connectivity index (χ1n) is 14.2. The predicted octanol–water partition coefficient (Wildman–Crippen LogP) is 7.07. The predicted molar refractivity (Wildman–Crippen MR) is 171 cm³/mol. The summed E-state index contributed by atoms with van der Waals surface area (Å²) in [5.41, 5.74) is 2.76. The fourth-order valence-electron chi connectivity index (χ4n) is 5.23. The number of aromatic nitrogens is 3. The Morgan fingerprint density at radius 3 is 2.66 bits per heavy atom. The normalized spacial score (nSPS) is 18.1. The molecule has 10 nitrogen and oxygen atoms in total. The highest BCUT2D eigenvalue weighted by atomic mass is 79.9. The van der Waals surface area contributed by atoms with Crippen molar-refractivity contribution in [2.24, 2.45) is 5.41 Å². The fourth-order valence-corrected chi connectivity index (χ4v) is 7.34. The number of hydrogen-bond acceptors (Lipinski definition) is 8. The van der Waals surface area contributed by atoms with E-state index in [0.29, 0.717) is 28.4 Å². The van der Waals surface area contributed by atoms with Crippen molar-refractivity contribution < 1.29 is 28.5 Å². The van der Waals surface area contributed by atoms with E-state index in [1.54, 1.807) is 53.3 Å². The lowest BCUT2D eigenvalue weighted by atomic mass is 9.81. The molecule has 0 aliphatic carbocycles. The maximum absolute atomic E-state index is 12.4. The third kappa shape index (κ3) is 7.01. The summed E-state index contributed by atoms with van der Waals surface area (Å²) in [5.74, 6) is -0.551. The average molecular weight is 686 g/mol. The summed E-state index contributed by atoms with van der Waals surface area (Å²) in [6, 6.07) is 20.6. The lowest BCUT2D eigenvalue weighted by molar-refractivity contribution is -0.158. The molecule has 4 aromatic rings. The van der Waals surface area contributed by atoms with E-state index in [-0.39, 0.29) is 25.8 Å². The van der Waals surface area contributed by atoms with Gasteiger partial charge in [0.1, 0.15) is 22.4 Å². The minimum absolute atomic E-state index is 0.0569. The Bertz CT molecular complexity index is 1640. The Hall–Kier alpha value is -3.26. The van der Waals surface area contributed by atoms with Crippen molar-refractivity contribution in [3.8, 4) is 5.75 Å². The summed E-state index contributed by atoms with van der Waals surface area (Å²) >= 11 is 3.48. The van der Waals surface area contributed by atoms with E-state index in [4.69, 9.17) is 9.47 Å². The van der Waals surface area contributed by atoms with E-state index in [1.165, 1.54) is 0 Å². The number of aryl methyl sites for hydroxylation is 1. The molecule has 0 saturated carbocycles. The number of rotatable bonds is 10. The molecule has 1 aliphatic rings. The van der Waals surface area contributed by atoms with Crippen molar-refractivity contribution in [1.29, 1.82) is 0 Å². The van der Waals surface area contributed by atoms with Crippen LogP contribution in [-0.4, -0.2) is 52.1 Å². The number of carboxylic acids is 1. The third-order valence-corrected chi connectivity index (χ3v) is 10.2. The topological polar surface area (TPSA) is 130 Å². The van der Waals surface area contributed by atoms with Crippen LogP contribution in [-0.2, 0) is 29.2 Å². The highest BCUT2D eigenvalue weighted by molar-refractivity contribution is 9.10. The number of benzene rings is 3. The van der Waals surface area contributed by atoms with E-state index in [2.05, 4.69) is 26.2 Å². The Morgan fingerprint density at radius 1 is 1.14 bits per heavy atom. The van der Waals surface area contributed by atoms with Crippen LogP contribution in [0.1, 0.15) is 54.8 Å². The molecule has 0 saturated heterocycles. The summed E-state index contributed by atoms with van der Waals surface area (Å²) < 4.78 is 39.4. The number of carbonyl (C=O) groups is 1. The minimum Gasteiger partial charge on any atom is -0.487 e. The van der Waals surface area contributed by atoms with Crippen molar-refractivity contribution in [3.63, 3.8) is 0 Å². The molecule has 2 atom stereocenters. The molecule has 3 N–H and O–H groups in total. The molecule has 12 heteroatoms. The number of nitrogens with zero attached hydrogens (tertiary/aromatic N) is 4. The number of para-hydroxylation sites is 1. The molecule has 0 amide bonds. The number of aliphatic carboxylic acids is 1. The van der Waals surface area contributed by atoms with E-state index in [1.807, 2.05) is 56.3 Å². The van der Waals surface area contributed by atoms with E-state index < -0.39 is 28.3 Å². The van der Waals surface area contributed by atoms with Gasteiger partial charge in [-0.15, -0.1) is 15.9 Å². The van der Waals surface area contributed by atoms with Crippen LogP contribution in [0.3, 0.4) is 0 Å². The van der Waals surface area contributed by atoms with Crippen molar-refractivity contribution >= 4 is 32.7 Å². The number of halogens is 1. The van der Waals surface area contributed by atoms with E-state index in [9.17, 15) is 19.0 Å². The Morgan fingerprint density at radius 2 is 1.91 bits per heavy atom. The zero-order chi connectivity index (χ0) is 31.6. The van der Waals surface area contributed by atoms with Gasteiger partial charge in [0.15, 0.2) is 0 Å². The second kappa shape index (κ2) is 13.0. The largest absolute Gasteiger partial charge is 0.487 e. The third-order valence-electron chi connectivity index (χ3n) is 7.74. The lowest BCUT2D eigenvalue weighted by Gasteiger charge is -2.42. The average Bonchev–Trinajstić information content (AvgIpc) is 3.37. The highest BCUT2D eigenvalue weighted by Crippen LogP contribution is 2.57. The zero-order valence-electron chi connectivity index (χ0n) is 25.1. The van der Waals surface area contributed by atoms with Gasteiger partial charge < -0.3 is 14.6 Å². The molecule has 0 fully saturated rings. The molecule has 1 aromatic heterocycles. The summed E-state index contributed by atoms with van der Waals surface area (Å²) in [4.78, 5) is 12.8. The molecular weight excluding hydrogens is 648 g/mol. The van der Waals surface area contributed by atoms with Gasteiger partial charge in [0.05, 0.1) is 37.4 Å². The quantitative estimate of drug-likeness (QED) is 0.160.